The second kappa shape index (κ2) is 27.1. The van der Waals surface area contributed by atoms with Crippen LogP contribution in [-0.2, 0) is 34.1 Å². The maximum absolute atomic E-state index is 4.52. The van der Waals surface area contributed by atoms with Gasteiger partial charge < -0.3 is 21.3 Å². The van der Waals surface area contributed by atoms with Crippen molar-refractivity contribution in [2.24, 2.45) is 39.9 Å². The molecule has 0 aromatic heterocycles. The Balaban J connectivity index is 0.00000484. The van der Waals surface area contributed by atoms with Crippen molar-refractivity contribution in [2.75, 3.05) is 78.5 Å². The number of hydrogen-bond donors (Lipinski definition) is 4. The summed E-state index contributed by atoms with van der Waals surface area (Å²) in [6.07, 6.45) is 24.4. The zero-order valence-corrected chi connectivity index (χ0v) is 26.9. The van der Waals surface area contributed by atoms with Crippen molar-refractivity contribution in [1.82, 2.24) is 21.3 Å². The Hall–Kier alpha value is -3.44. The molecule has 14 heteroatoms. The Morgan fingerprint density at radius 1 is 0.318 bits per heavy atom. The number of nitrogens with one attached hydrogen (secondary N) is 4. The fourth-order valence-electron chi connectivity index (χ4n) is 3.60. The van der Waals surface area contributed by atoms with Gasteiger partial charge in [-0.05, 0) is 12.8 Å². The molecular weight excluding hydrogens is 656 g/mol. The maximum Gasteiger partial charge on any atom is 2.00 e. The third-order valence-electron chi connectivity index (χ3n) is 5.72. The van der Waals surface area contributed by atoms with E-state index in [2.05, 4.69) is 61.2 Å². The van der Waals surface area contributed by atoms with E-state index < -0.39 is 0 Å². The summed E-state index contributed by atoms with van der Waals surface area (Å²) in [7, 11) is 0. The molecule has 0 amide bonds. The number of hydrogen-bond acceptors (Lipinski definition) is 12. The van der Waals surface area contributed by atoms with Gasteiger partial charge in [0.2, 0.25) is 0 Å². The molecule has 0 aromatic rings. The first-order valence-electron chi connectivity index (χ1n) is 14.6. The molecular formula is C30H44Cu2N12+4. The Kier molecular flexibility index (Phi) is 23.8. The minimum atomic E-state index is 0. The van der Waals surface area contributed by atoms with E-state index in [0.717, 1.165) is 61.3 Å². The molecule has 6 aliphatic heterocycles. The average molecular weight is 700 g/mol. The van der Waals surface area contributed by atoms with Crippen LogP contribution in [0.25, 0.3) is 0 Å². The Bertz CT molecular complexity index is 919. The van der Waals surface area contributed by atoms with Gasteiger partial charge in [0.05, 0.1) is 52.4 Å². The smallest absolute Gasteiger partial charge is 0.390 e. The van der Waals surface area contributed by atoms with Crippen LogP contribution in [0.4, 0.5) is 0 Å². The minimum absolute atomic E-state index is 0. The van der Waals surface area contributed by atoms with Gasteiger partial charge in [0.15, 0.2) is 0 Å². The van der Waals surface area contributed by atoms with Crippen molar-refractivity contribution in [2.45, 2.75) is 12.8 Å². The summed E-state index contributed by atoms with van der Waals surface area (Å²) in [6.45, 7) is 8.02. The van der Waals surface area contributed by atoms with Crippen LogP contribution in [0.15, 0.2) is 87.0 Å². The first kappa shape index (κ1) is 38.6. The zero-order valence-electron chi connectivity index (χ0n) is 25.0. The second-order valence-electron chi connectivity index (χ2n) is 9.38. The molecule has 0 saturated heterocycles. The molecule has 6 heterocycles. The molecule has 6 rings (SSSR count). The molecule has 4 N–H and O–H groups in total. The van der Waals surface area contributed by atoms with Crippen molar-refractivity contribution in [3.8, 4) is 0 Å². The second-order valence-corrected chi connectivity index (χ2v) is 9.38. The van der Waals surface area contributed by atoms with Crippen molar-refractivity contribution in [1.29, 1.82) is 0 Å². The van der Waals surface area contributed by atoms with Crippen LogP contribution in [-0.4, -0.2) is 128 Å². The molecule has 0 saturated carbocycles. The van der Waals surface area contributed by atoms with Crippen LogP contribution in [0.1, 0.15) is 12.8 Å². The third kappa shape index (κ3) is 19.7. The van der Waals surface area contributed by atoms with E-state index in [1.165, 1.54) is 0 Å². The molecule has 0 spiro atoms. The fraction of sp³-hybridized carbons (Fsp3) is 0.467. The van der Waals surface area contributed by atoms with E-state index in [9.17, 15) is 0 Å². The van der Waals surface area contributed by atoms with Gasteiger partial charge in [0.25, 0.3) is 0 Å². The third-order valence-corrected chi connectivity index (χ3v) is 5.72. The van der Waals surface area contributed by atoms with Crippen LogP contribution in [0.2, 0.25) is 0 Å². The maximum atomic E-state index is 4.52. The number of aliphatic imine (C=N–C) groups is 8. The van der Waals surface area contributed by atoms with Crippen LogP contribution >= 0.6 is 0 Å². The molecule has 0 fully saturated rings. The molecule has 0 aliphatic carbocycles. The Labute approximate surface area is 282 Å². The molecule has 12 nitrogen and oxygen atoms in total. The molecule has 0 unspecified atom stereocenters. The summed E-state index contributed by atoms with van der Waals surface area (Å²) in [5, 5.41) is 13.4. The van der Waals surface area contributed by atoms with E-state index in [4.69, 9.17) is 0 Å². The zero-order chi connectivity index (χ0) is 29.2. The van der Waals surface area contributed by atoms with Gasteiger partial charge in [-0.2, -0.15) is 0 Å². The minimum Gasteiger partial charge on any atom is -0.390 e. The number of nitrogens with zero attached hydrogens (tertiary/aromatic N) is 8. The molecule has 0 atom stereocenters. The van der Waals surface area contributed by atoms with Gasteiger partial charge in [-0.1, -0.05) is 0 Å². The summed E-state index contributed by atoms with van der Waals surface area (Å²) in [5.41, 5.74) is 3.67. The molecule has 0 aromatic carbocycles. The van der Waals surface area contributed by atoms with Crippen molar-refractivity contribution in [3.05, 3.63) is 47.1 Å². The largest absolute Gasteiger partial charge is 2.00 e. The van der Waals surface area contributed by atoms with Gasteiger partial charge in [-0.3, -0.25) is 39.9 Å². The van der Waals surface area contributed by atoms with Crippen molar-refractivity contribution < 1.29 is 34.1 Å². The van der Waals surface area contributed by atoms with Crippen molar-refractivity contribution >= 4 is 49.7 Å². The van der Waals surface area contributed by atoms with Crippen LogP contribution in [0, 0.1) is 0 Å². The summed E-state index contributed by atoms with van der Waals surface area (Å²) < 4.78 is 0. The number of rotatable bonds is 0. The molecule has 6 aliphatic rings. The Morgan fingerprint density at radius 2 is 0.500 bits per heavy atom. The quantitative estimate of drug-likeness (QED) is 0.282. The van der Waals surface area contributed by atoms with Gasteiger partial charge in [-0.25, -0.2) is 0 Å². The molecule has 2 radical (unpaired) electrons. The van der Waals surface area contributed by atoms with Gasteiger partial charge >= 0.3 is 34.1 Å². The summed E-state index contributed by atoms with van der Waals surface area (Å²) >= 11 is 0. The van der Waals surface area contributed by atoms with Gasteiger partial charge in [0.1, 0.15) is 0 Å². The van der Waals surface area contributed by atoms with E-state index in [0.29, 0.717) is 52.4 Å². The van der Waals surface area contributed by atoms with Crippen LogP contribution in [0.3, 0.4) is 0 Å². The predicted molar refractivity (Wildman–Crippen MR) is 180 cm³/mol. The van der Waals surface area contributed by atoms with E-state index in [1.54, 1.807) is 0 Å². The predicted octanol–water partition coefficient (Wildman–Crippen LogP) is 1.26. The topological polar surface area (TPSA) is 147 Å². The van der Waals surface area contributed by atoms with Gasteiger partial charge in [0, 0.05) is 123 Å². The SMILES string of the molecule is C1=NCCN=CC2=CNCCCNC=C3C=NCCN=CC(=CNCCCNC=C1C=NCCN=C2)C=NCCN=C3.[Cu+2].[Cu+2]. The van der Waals surface area contributed by atoms with Crippen LogP contribution in [0.5, 0.6) is 0 Å². The van der Waals surface area contributed by atoms with E-state index in [-0.39, 0.29) is 34.1 Å². The standard InChI is InChI=1S/C30H44N12.2Cu/c1-3-31-15-27-19-35-7-11-39-23-29(24-40-12-8-36-20-27)17-33-5-2-6-34-18-30-25-41-13-9-37-21-28(16-32-4-1)22-38-10-14-42-26-30;;/h15-26,31-34H,1-14H2;;/q;2*+2. The molecule has 242 valence electrons. The van der Waals surface area contributed by atoms with E-state index >= 15 is 0 Å². The first-order valence-corrected chi connectivity index (χ1v) is 14.6. The van der Waals surface area contributed by atoms with Crippen LogP contribution < -0.4 is 21.3 Å². The summed E-state index contributed by atoms with van der Waals surface area (Å²) in [5.74, 6) is 0. The number of allylic oxidation sites excluding steroid dienone is 4. The van der Waals surface area contributed by atoms with Crippen molar-refractivity contribution in [3.63, 3.8) is 0 Å². The van der Waals surface area contributed by atoms with E-state index in [1.807, 2.05) is 74.5 Å². The molecule has 4 bridgehead atoms. The Morgan fingerprint density at radius 3 is 0.682 bits per heavy atom. The monoisotopic (exact) mass is 698 g/mol. The molecule has 44 heavy (non-hydrogen) atoms. The average Bonchev–Trinajstić information content (AvgIpc) is 2.99. The normalized spacial score (nSPS) is 19.6. The van der Waals surface area contributed by atoms with Gasteiger partial charge in [-0.15, -0.1) is 0 Å². The first-order chi connectivity index (χ1) is 20.9. The summed E-state index contributed by atoms with van der Waals surface area (Å²) in [6, 6.07) is 0. The fourth-order valence-corrected chi connectivity index (χ4v) is 3.60. The summed E-state index contributed by atoms with van der Waals surface area (Å²) in [4.78, 5) is 36.2.